The number of fused-ring (bicyclic) bond motifs is 1. The van der Waals surface area contributed by atoms with Crippen molar-refractivity contribution in [3.05, 3.63) is 37.1 Å². The molecular formula is C16H22N4. The van der Waals surface area contributed by atoms with Crippen molar-refractivity contribution in [2.45, 2.75) is 13.8 Å². The van der Waals surface area contributed by atoms with E-state index < -0.39 is 0 Å². The Morgan fingerprint density at radius 3 is 2.60 bits per heavy atom. The molecule has 0 aromatic heterocycles. The standard InChI is InChI=1S/C16H22N4/c1-7-19(5)15-9-13-11(3)17-12(4)18-14(13)10-16(15)20(6)8-2/h8-10H,2-3,7H2,1,4-6H3,(H,17,18). The quantitative estimate of drug-likeness (QED) is 0.910. The summed E-state index contributed by atoms with van der Waals surface area (Å²) >= 11 is 0. The number of nitrogens with one attached hydrogen (secondary N) is 1. The predicted octanol–water partition coefficient (Wildman–Crippen LogP) is 3.35. The molecule has 0 amide bonds. The first-order valence-electron chi connectivity index (χ1n) is 6.74. The minimum atomic E-state index is 0.867. The molecule has 0 fully saturated rings. The first kappa shape index (κ1) is 14.2. The van der Waals surface area contributed by atoms with Gasteiger partial charge in [-0.1, -0.05) is 13.2 Å². The van der Waals surface area contributed by atoms with Crippen molar-refractivity contribution in [3.8, 4) is 0 Å². The van der Waals surface area contributed by atoms with Crippen LogP contribution in [0.2, 0.25) is 0 Å². The molecule has 4 heteroatoms. The highest BCUT2D eigenvalue weighted by Gasteiger charge is 2.18. The summed E-state index contributed by atoms with van der Waals surface area (Å²) in [5, 5.41) is 3.19. The van der Waals surface area contributed by atoms with Gasteiger partial charge in [0.25, 0.3) is 0 Å². The van der Waals surface area contributed by atoms with Crippen molar-refractivity contribution in [2.24, 2.45) is 4.99 Å². The van der Waals surface area contributed by atoms with Crippen LogP contribution in [-0.2, 0) is 0 Å². The van der Waals surface area contributed by atoms with Gasteiger partial charge in [0.05, 0.1) is 17.1 Å². The lowest BCUT2D eigenvalue weighted by atomic mass is 10.0. The fourth-order valence-corrected chi connectivity index (χ4v) is 2.25. The van der Waals surface area contributed by atoms with Crippen molar-refractivity contribution in [1.29, 1.82) is 0 Å². The number of hydrogen-bond donors (Lipinski definition) is 1. The van der Waals surface area contributed by atoms with E-state index >= 15 is 0 Å². The van der Waals surface area contributed by atoms with Crippen LogP contribution in [0, 0.1) is 0 Å². The number of aliphatic imine (C=N–C) groups is 1. The van der Waals surface area contributed by atoms with Crippen molar-refractivity contribution in [3.63, 3.8) is 0 Å². The second-order valence-corrected chi connectivity index (χ2v) is 4.97. The van der Waals surface area contributed by atoms with Crippen LogP contribution in [0.1, 0.15) is 19.4 Å². The molecule has 0 unspecified atom stereocenters. The van der Waals surface area contributed by atoms with E-state index in [2.05, 4.69) is 54.5 Å². The van der Waals surface area contributed by atoms with E-state index in [1.165, 1.54) is 0 Å². The van der Waals surface area contributed by atoms with Gasteiger partial charge in [-0.15, -0.1) is 0 Å². The molecule has 0 saturated heterocycles. The summed E-state index contributed by atoms with van der Waals surface area (Å²) in [6.07, 6.45) is 1.81. The van der Waals surface area contributed by atoms with E-state index in [0.717, 1.165) is 40.7 Å². The SMILES string of the molecule is C=CN(C)c1cc2c(cc1N(C)CC)C(=C)NC(C)=N2. The molecule has 0 atom stereocenters. The van der Waals surface area contributed by atoms with Crippen LogP contribution in [0.15, 0.2) is 36.5 Å². The van der Waals surface area contributed by atoms with Gasteiger partial charge in [0, 0.05) is 31.9 Å². The van der Waals surface area contributed by atoms with Gasteiger partial charge in [-0.25, -0.2) is 4.99 Å². The third-order valence-electron chi connectivity index (χ3n) is 3.58. The van der Waals surface area contributed by atoms with E-state index in [9.17, 15) is 0 Å². The Morgan fingerprint density at radius 1 is 1.30 bits per heavy atom. The fourth-order valence-electron chi connectivity index (χ4n) is 2.25. The van der Waals surface area contributed by atoms with Crippen LogP contribution in [0.25, 0.3) is 5.70 Å². The number of nitrogens with zero attached hydrogens (tertiary/aromatic N) is 3. The lowest BCUT2D eigenvalue weighted by molar-refractivity contribution is 0.961. The minimum absolute atomic E-state index is 0.867. The molecule has 1 aromatic rings. The third-order valence-corrected chi connectivity index (χ3v) is 3.58. The summed E-state index contributed by atoms with van der Waals surface area (Å²) in [5.41, 5.74) is 5.13. The molecule has 1 N–H and O–H groups in total. The van der Waals surface area contributed by atoms with Crippen LogP contribution >= 0.6 is 0 Å². The lowest BCUT2D eigenvalue weighted by Crippen LogP contribution is -2.24. The average molecular weight is 270 g/mol. The molecule has 0 aliphatic carbocycles. The molecule has 1 aliphatic rings. The molecule has 1 aromatic carbocycles. The average Bonchev–Trinajstić information content (AvgIpc) is 2.44. The maximum absolute atomic E-state index is 4.57. The van der Waals surface area contributed by atoms with E-state index in [0.29, 0.717) is 0 Å². The number of benzene rings is 1. The fraction of sp³-hybridized carbons (Fsp3) is 0.312. The van der Waals surface area contributed by atoms with E-state index in [1.54, 1.807) is 6.20 Å². The van der Waals surface area contributed by atoms with Gasteiger partial charge in [0.15, 0.2) is 0 Å². The number of rotatable bonds is 4. The van der Waals surface area contributed by atoms with Gasteiger partial charge < -0.3 is 15.1 Å². The molecule has 20 heavy (non-hydrogen) atoms. The monoisotopic (exact) mass is 270 g/mol. The maximum Gasteiger partial charge on any atom is 0.103 e. The van der Waals surface area contributed by atoms with Crippen LogP contribution in [0.5, 0.6) is 0 Å². The summed E-state index contributed by atoms with van der Waals surface area (Å²) in [7, 11) is 4.07. The molecule has 106 valence electrons. The van der Waals surface area contributed by atoms with Crippen molar-refractivity contribution in [2.75, 3.05) is 30.4 Å². The van der Waals surface area contributed by atoms with E-state index in [1.807, 2.05) is 18.9 Å². The van der Waals surface area contributed by atoms with E-state index in [4.69, 9.17) is 0 Å². The zero-order chi connectivity index (χ0) is 14.9. The third kappa shape index (κ3) is 2.41. The Hall–Kier alpha value is -2.23. The van der Waals surface area contributed by atoms with Crippen LogP contribution in [0.4, 0.5) is 17.1 Å². The number of hydrogen-bond acceptors (Lipinski definition) is 4. The van der Waals surface area contributed by atoms with Gasteiger partial charge in [-0.05, 0) is 32.2 Å². The van der Waals surface area contributed by atoms with Crippen molar-refractivity contribution in [1.82, 2.24) is 5.32 Å². The van der Waals surface area contributed by atoms with Crippen molar-refractivity contribution < 1.29 is 0 Å². The van der Waals surface area contributed by atoms with E-state index in [-0.39, 0.29) is 0 Å². The van der Waals surface area contributed by atoms with Crippen LogP contribution in [-0.4, -0.2) is 26.5 Å². The second kappa shape index (κ2) is 5.41. The molecule has 1 aliphatic heterocycles. The lowest BCUT2D eigenvalue weighted by Gasteiger charge is -2.28. The van der Waals surface area contributed by atoms with Gasteiger partial charge in [-0.2, -0.15) is 0 Å². The second-order valence-electron chi connectivity index (χ2n) is 4.97. The zero-order valence-corrected chi connectivity index (χ0v) is 12.7. The Kier molecular flexibility index (Phi) is 3.84. The van der Waals surface area contributed by atoms with Gasteiger partial charge >= 0.3 is 0 Å². The maximum atomic E-state index is 4.57. The summed E-state index contributed by atoms with van der Waals surface area (Å²) in [6.45, 7) is 12.9. The molecule has 2 rings (SSSR count). The van der Waals surface area contributed by atoms with Crippen molar-refractivity contribution >= 4 is 28.6 Å². The molecule has 0 bridgehead atoms. The Morgan fingerprint density at radius 2 is 2.00 bits per heavy atom. The van der Waals surface area contributed by atoms with Gasteiger partial charge in [0.1, 0.15) is 5.84 Å². The minimum Gasteiger partial charge on any atom is -0.373 e. The summed E-state index contributed by atoms with van der Waals surface area (Å²) in [4.78, 5) is 8.78. The van der Waals surface area contributed by atoms with Crippen LogP contribution in [0.3, 0.4) is 0 Å². The summed E-state index contributed by atoms with van der Waals surface area (Å²) in [6, 6.07) is 4.23. The molecule has 0 spiro atoms. The highest BCUT2D eigenvalue weighted by atomic mass is 15.2. The Bertz CT molecular complexity index is 586. The van der Waals surface area contributed by atoms with Gasteiger partial charge in [-0.3, -0.25) is 0 Å². The number of amidine groups is 1. The van der Waals surface area contributed by atoms with Gasteiger partial charge in [0.2, 0.25) is 0 Å². The Labute approximate surface area is 121 Å². The van der Waals surface area contributed by atoms with Crippen LogP contribution < -0.4 is 15.1 Å². The largest absolute Gasteiger partial charge is 0.373 e. The number of anilines is 2. The topological polar surface area (TPSA) is 30.9 Å². The normalized spacial score (nSPS) is 13.2. The molecule has 4 nitrogen and oxygen atoms in total. The predicted molar refractivity (Wildman–Crippen MR) is 88.9 cm³/mol. The first-order chi connectivity index (χ1) is 9.47. The summed E-state index contributed by atoms with van der Waals surface area (Å²) in [5.74, 6) is 0.867. The molecule has 0 radical (unpaired) electrons. The molecule has 0 saturated carbocycles. The molecule has 1 heterocycles. The first-order valence-corrected chi connectivity index (χ1v) is 6.74. The smallest absolute Gasteiger partial charge is 0.103 e. The highest BCUT2D eigenvalue weighted by Crippen LogP contribution is 2.39. The molecular weight excluding hydrogens is 248 g/mol. The highest BCUT2D eigenvalue weighted by molar-refractivity contribution is 5.98. The Balaban J connectivity index is 2.66. The summed E-state index contributed by atoms with van der Waals surface area (Å²) < 4.78 is 0. The zero-order valence-electron chi connectivity index (χ0n) is 12.7.